The molecule has 0 bridgehead atoms. The highest BCUT2D eigenvalue weighted by molar-refractivity contribution is 6.04. The number of oxime groups is 1. The summed E-state index contributed by atoms with van der Waals surface area (Å²) in [5.74, 6) is -0.352. The zero-order chi connectivity index (χ0) is 20.0. The van der Waals surface area contributed by atoms with Crippen molar-refractivity contribution in [2.24, 2.45) is 16.5 Å². The lowest BCUT2D eigenvalue weighted by atomic mass is 9.49. The van der Waals surface area contributed by atoms with Gasteiger partial charge >= 0.3 is 5.97 Å². The second kappa shape index (κ2) is 6.81. The first-order valence-corrected chi connectivity index (χ1v) is 9.83. The lowest BCUT2D eigenvalue weighted by Gasteiger charge is -2.53. The van der Waals surface area contributed by atoms with E-state index >= 15 is 0 Å². The zero-order valence-corrected chi connectivity index (χ0v) is 17.1. The highest BCUT2D eigenvalue weighted by Crippen LogP contribution is 2.57. The second-order valence-electron chi connectivity index (χ2n) is 8.86. The first-order chi connectivity index (χ1) is 12.7. The molecule has 1 fully saturated rings. The van der Waals surface area contributed by atoms with Gasteiger partial charge in [-0.15, -0.1) is 0 Å². The predicted molar refractivity (Wildman–Crippen MR) is 109 cm³/mol. The summed E-state index contributed by atoms with van der Waals surface area (Å²) >= 11 is 0. The Kier molecular flexibility index (Phi) is 4.96. The molecule has 0 radical (unpaired) electrons. The molecule has 1 N–H and O–H groups in total. The van der Waals surface area contributed by atoms with E-state index in [0.29, 0.717) is 18.8 Å². The summed E-state index contributed by atoms with van der Waals surface area (Å²) in [6.07, 6.45) is 5.16. The smallest absolute Gasteiger partial charge is 0.309 e. The molecule has 1 aromatic rings. The van der Waals surface area contributed by atoms with Crippen LogP contribution in [-0.4, -0.2) is 23.9 Å². The van der Waals surface area contributed by atoms with Crippen molar-refractivity contribution >= 4 is 17.8 Å². The molecule has 1 saturated carbocycles. The van der Waals surface area contributed by atoms with Gasteiger partial charge in [0.05, 0.1) is 11.1 Å². The van der Waals surface area contributed by atoms with Crippen LogP contribution in [0, 0.1) is 11.3 Å². The molecule has 0 aromatic heterocycles. The Balaban J connectivity index is 2.30. The number of hydrogen-bond donors (Lipinski definition) is 1. The topological polar surface area (TPSA) is 58.9 Å². The minimum Gasteiger partial charge on any atom is -0.481 e. The molecule has 0 heterocycles. The third-order valence-electron chi connectivity index (χ3n) is 7.01. The van der Waals surface area contributed by atoms with Crippen LogP contribution in [0.15, 0.2) is 23.9 Å². The van der Waals surface area contributed by atoms with Crippen LogP contribution in [0.5, 0.6) is 0 Å². The Hall–Kier alpha value is -2.10. The number of carboxylic acids is 1. The fourth-order valence-corrected chi connectivity index (χ4v) is 5.42. The van der Waals surface area contributed by atoms with Crippen molar-refractivity contribution in [1.29, 1.82) is 0 Å². The van der Waals surface area contributed by atoms with E-state index in [9.17, 15) is 9.90 Å². The highest BCUT2D eigenvalue weighted by atomic mass is 16.6. The number of benzene rings is 1. The average Bonchev–Trinajstić information content (AvgIpc) is 2.62. The van der Waals surface area contributed by atoms with Crippen LogP contribution < -0.4 is 0 Å². The predicted octanol–water partition coefficient (Wildman–Crippen LogP) is 5.36. The molecule has 1 unspecified atom stereocenters. The molecule has 3 rings (SSSR count). The Labute approximate surface area is 162 Å². The number of fused-ring (bicyclic) bond motifs is 3. The first-order valence-electron chi connectivity index (χ1n) is 9.83. The quantitative estimate of drug-likeness (QED) is 0.727. The van der Waals surface area contributed by atoms with Crippen LogP contribution in [0.1, 0.15) is 81.5 Å². The number of carbonyl (C=O) groups is 1. The van der Waals surface area contributed by atoms with Gasteiger partial charge in [-0.25, -0.2) is 0 Å². The van der Waals surface area contributed by atoms with Crippen LogP contribution in [0.3, 0.4) is 0 Å². The van der Waals surface area contributed by atoms with Crippen LogP contribution in [0.2, 0.25) is 0 Å². The van der Waals surface area contributed by atoms with Crippen molar-refractivity contribution in [3.63, 3.8) is 0 Å². The fraction of sp³-hybridized carbons (Fsp3) is 0.565. The van der Waals surface area contributed by atoms with E-state index < -0.39 is 11.4 Å². The largest absolute Gasteiger partial charge is 0.481 e. The molecule has 2 aliphatic rings. The SMILES string of the molecule is C=Cc1cc2c(cc1C(C)C)/C(=N/OC)CC1[C@](C)(C(=O)O)CCC[C@]21C. The molecular formula is C23H31NO3. The minimum absolute atomic E-state index is 0.0137. The second-order valence-corrected chi connectivity index (χ2v) is 8.86. The normalized spacial score (nSPS) is 31.3. The molecule has 4 nitrogen and oxygen atoms in total. The van der Waals surface area contributed by atoms with Gasteiger partial charge in [0.25, 0.3) is 0 Å². The molecule has 1 aromatic carbocycles. The number of nitrogens with zero attached hydrogens (tertiary/aromatic N) is 1. The molecule has 3 atom stereocenters. The molecule has 146 valence electrons. The van der Waals surface area contributed by atoms with E-state index in [2.05, 4.69) is 44.6 Å². The zero-order valence-electron chi connectivity index (χ0n) is 17.1. The van der Waals surface area contributed by atoms with Gasteiger partial charge in [0.1, 0.15) is 7.11 Å². The first kappa shape index (κ1) is 19.7. The summed E-state index contributed by atoms with van der Waals surface area (Å²) in [5, 5.41) is 14.4. The molecule has 0 spiro atoms. The van der Waals surface area contributed by atoms with Gasteiger partial charge in [-0.05, 0) is 66.2 Å². The average molecular weight is 370 g/mol. The van der Waals surface area contributed by atoms with Crippen molar-refractivity contribution in [3.05, 3.63) is 41.0 Å². The van der Waals surface area contributed by atoms with Gasteiger partial charge in [-0.2, -0.15) is 0 Å². The van der Waals surface area contributed by atoms with Crippen LogP contribution in [0.4, 0.5) is 0 Å². The van der Waals surface area contributed by atoms with Gasteiger partial charge in [-0.3, -0.25) is 4.79 Å². The third-order valence-corrected chi connectivity index (χ3v) is 7.01. The van der Waals surface area contributed by atoms with Crippen molar-refractivity contribution in [2.75, 3.05) is 7.11 Å². The molecule has 2 aliphatic carbocycles. The van der Waals surface area contributed by atoms with E-state index in [1.165, 1.54) is 11.1 Å². The molecule has 0 aliphatic heterocycles. The van der Waals surface area contributed by atoms with Crippen molar-refractivity contribution < 1.29 is 14.7 Å². The standard InChI is InChI=1S/C23H31NO3/c1-7-15-11-18-17(12-16(15)14(2)3)19(24-27-6)13-20-22(18,4)9-8-10-23(20,5)21(25)26/h7,11-12,14,20H,1,8-10,13H2,2-6H3,(H,25,26)/b24-19+/t20?,22-,23-/m1/s1. The maximum Gasteiger partial charge on any atom is 0.309 e. The Morgan fingerprint density at radius 2 is 2.07 bits per heavy atom. The highest BCUT2D eigenvalue weighted by Gasteiger charge is 2.56. The monoisotopic (exact) mass is 369 g/mol. The van der Waals surface area contributed by atoms with E-state index in [4.69, 9.17) is 4.84 Å². The molecule has 0 amide bonds. The molecular weight excluding hydrogens is 338 g/mol. The van der Waals surface area contributed by atoms with E-state index in [1.807, 2.05) is 13.0 Å². The number of aliphatic carboxylic acids is 1. The van der Waals surface area contributed by atoms with Gasteiger partial charge in [0.15, 0.2) is 0 Å². The maximum absolute atomic E-state index is 12.2. The summed E-state index contributed by atoms with van der Waals surface area (Å²) in [7, 11) is 1.55. The maximum atomic E-state index is 12.2. The van der Waals surface area contributed by atoms with Crippen LogP contribution in [0.25, 0.3) is 6.08 Å². The van der Waals surface area contributed by atoms with Gasteiger partial charge in [-0.1, -0.05) is 51.1 Å². The van der Waals surface area contributed by atoms with Gasteiger partial charge in [0.2, 0.25) is 0 Å². The number of carboxylic acid groups (broad SMARTS) is 1. The van der Waals surface area contributed by atoms with Crippen LogP contribution >= 0.6 is 0 Å². The molecule has 0 saturated heterocycles. The lowest BCUT2D eigenvalue weighted by molar-refractivity contribution is -0.156. The summed E-state index contributed by atoms with van der Waals surface area (Å²) < 4.78 is 0. The van der Waals surface area contributed by atoms with Crippen molar-refractivity contribution in [2.45, 2.75) is 64.7 Å². The molecule has 4 heteroatoms. The van der Waals surface area contributed by atoms with Gasteiger partial charge in [0, 0.05) is 5.56 Å². The van der Waals surface area contributed by atoms with E-state index in [-0.39, 0.29) is 11.3 Å². The van der Waals surface area contributed by atoms with Crippen molar-refractivity contribution in [3.8, 4) is 0 Å². The summed E-state index contributed by atoms with van der Waals surface area (Å²) in [4.78, 5) is 17.4. The Morgan fingerprint density at radius 1 is 1.37 bits per heavy atom. The third kappa shape index (κ3) is 2.90. The molecule has 27 heavy (non-hydrogen) atoms. The number of hydrogen-bond acceptors (Lipinski definition) is 3. The minimum atomic E-state index is -0.760. The Bertz CT molecular complexity index is 810. The van der Waals surface area contributed by atoms with Crippen molar-refractivity contribution in [1.82, 2.24) is 0 Å². The lowest BCUT2D eigenvalue weighted by Crippen LogP contribution is -2.53. The van der Waals surface area contributed by atoms with Gasteiger partial charge < -0.3 is 9.94 Å². The summed E-state index contributed by atoms with van der Waals surface area (Å²) in [5.41, 5.74) is 4.59. The fourth-order valence-electron chi connectivity index (χ4n) is 5.42. The summed E-state index contributed by atoms with van der Waals surface area (Å²) in [6.45, 7) is 12.5. The van der Waals surface area contributed by atoms with E-state index in [1.54, 1.807) is 7.11 Å². The number of rotatable bonds is 4. The Morgan fingerprint density at radius 3 is 2.63 bits per heavy atom. The van der Waals surface area contributed by atoms with E-state index in [0.717, 1.165) is 29.7 Å². The van der Waals surface area contributed by atoms with Crippen LogP contribution in [-0.2, 0) is 15.0 Å². The summed E-state index contributed by atoms with van der Waals surface area (Å²) in [6, 6.07) is 4.45.